The average Bonchev–Trinajstić information content (AvgIpc) is 3.36. The van der Waals surface area contributed by atoms with Crippen molar-refractivity contribution in [2.24, 2.45) is 0 Å². The van der Waals surface area contributed by atoms with Crippen LogP contribution >= 0.6 is 0 Å². The van der Waals surface area contributed by atoms with Gasteiger partial charge in [-0.2, -0.15) is 18.2 Å². The van der Waals surface area contributed by atoms with Gasteiger partial charge in [-0.25, -0.2) is 9.37 Å². The highest BCUT2D eigenvalue weighted by Gasteiger charge is 2.29. The molecule has 1 unspecified atom stereocenters. The van der Waals surface area contributed by atoms with E-state index in [0.29, 0.717) is 22.3 Å². The number of imidazole rings is 2. The number of ether oxygens (including phenoxy) is 1. The van der Waals surface area contributed by atoms with Crippen molar-refractivity contribution in [2.75, 3.05) is 6.61 Å². The predicted molar refractivity (Wildman–Crippen MR) is 104 cm³/mol. The van der Waals surface area contributed by atoms with Crippen LogP contribution in [-0.4, -0.2) is 41.8 Å². The Kier molecular flexibility index (Phi) is 5.58. The van der Waals surface area contributed by atoms with E-state index < -0.39 is 29.8 Å². The van der Waals surface area contributed by atoms with E-state index in [2.05, 4.69) is 19.9 Å². The summed E-state index contributed by atoms with van der Waals surface area (Å²) in [6.07, 6.45) is 1.35. The summed E-state index contributed by atoms with van der Waals surface area (Å²) in [5, 5.41) is 0.0972. The third-order valence-electron chi connectivity index (χ3n) is 4.44. The number of rotatable bonds is 6. The maximum atomic E-state index is 14.4. The Labute approximate surface area is 176 Å². The molecule has 0 amide bonds. The molecule has 0 spiro atoms. The van der Waals surface area contributed by atoms with Gasteiger partial charge in [0.25, 0.3) is 0 Å². The van der Waals surface area contributed by atoms with Crippen LogP contribution in [0.4, 0.5) is 17.6 Å². The molecule has 0 aliphatic carbocycles. The van der Waals surface area contributed by atoms with Crippen LogP contribution in [0.1, 0.15) is 11.3 Å². The fraction of sp³-hybridized carbons (Fsp3) is 0.211. The second kappa shape index (κ2) is 8.19. The maximum absolute atomic E-state index is 14.4. The lowest BCUT2D eigenvalue weighted by Gasteiger charge is -2.14. The van der Waals surface area contributed by atoms with Gasteiger partial charge in [-0.05, 0) is 19.1 Å². The van der Waals surface area contributed by atoms with E-state index in [-0.39, 0.29) is 22.3 Å². The highest BCUT2D eigenvalue weighted by Crippen LogP contribution is 2.27. The molecule has 4 rings (SSSR count). The molecule has 1 atom stereocenters. The molecule has 4 aromatic rings. The lowest BCUT2D eigenvalue weighted by Crippen LogP contribution is -2.20. The summed E-state index contributed by atoms with van der Waals surface area (Å²) in [5.74, 6) is -0.611. The van der Waals surface area contributed by atoms with Gasteiger partial charge in [0, 0.05) is 41.4 Å². The summed E-state index contributed by atoms with van der Waals surface area (Å²) >= 11 is -1.71. The van der Waals surface area contributed by atoms with Gasteiger partial charge in [0.1, 0.15) is 11.6 Å². The van der Waals surface area contributed by atoms with Crippen LogP contribution in [0.25, 0.3) is 16.7 Å². The molecule has 162 valence electrons. The zero-order valence-corrected chi connectivity index (χ0v) is 16.8. The largest absolute Gasteiger partial charge is 0.609 e. The lowest BCUT2D eigenvalue weighted by molar-refractivity contribution is -0.153. The lowest BCUT2D eigenvalue weighted by atomic mass is 10.2. The van der Waals surface area contributed by atoms with Crippen LogP contribution in [0.3, 0.4) is 0 Å². The van der Waals surface area contributed by atoms with Gasteiger partial charge in [-0.3, -0.25) is 9.97 Å². The summed E-state index contributed by atoms with van der Waals surface area (Å²) < 4.78 is 70.8. The molecule has 0 aliphatic rings. The Morgan fingerprint density at radius 1 is 1.26 bits per heavy atom. The number of aromatic nitrogens is 5. The molecule has 3 aromatic heterocycles. The van der Waals surface area contributed by atoms with Crippen molar-refractivity contribution in [1.82, 2.24) is 24.5 Å². The number of pyridine rings is 1. The molecule has 0 saturated carbocycles. The number of hydrogen-bond donors (Lipinski definition) is 1. The fourth-order valence-electron chi connectivity index (χ4n) is 2.92. The summed E-state index contributed by atoms with van der Waals surface area (Å²) in [4.78, 5) is 15.1. The smallest absolute Gasteiger partial charge is 0.422 e. The highest BCUT2D eigenvalue weighted by molar-refractivity contribution is 7.90. The second-order valence-electron chi connectivity index (χ2n) is 6.61. The van der Waals surface area contributed by atoms with Gasteiger partial charge in [-0.1, -0.05) is 0 Å². The Balaban J connectivity index is 1.57. The average molecular weight is 453 g/mol. The van der Waals surface area contributed by atoms with Gasteiger partial charge in [0.2, 0.25) is 0 Å². The molecule has 12 heteroatoms. The Bertz CT molecular complexity index is 1210. The molecule has 0 radical (unpaired) electrons. The van der Waals surface area contributed by atoms with Gasteiger partial charge < -0.3 is 13.9 Å². The monoisotopic (exact) mass is 453 g/mol. The van der Waals surface area contributed by atoms with E-state index in [0.717, 1.165) is 0 Å². The van der Waals surface area contributed by atoms with Crippen LogP contribution in [0.2, 0.25) is 0 Å². The van der Waals surface area contributed by atoms with Crippen LogP contribution in [-0.2, 0) is 16.9 Å². The minimum absolute atomic E-state index is 0.0102. The van der Waals surface area contributed by atoms with Crippen molar-refractivity contribution in [3.63, 3.8) is 0 Å². The van der Waals surface area contributed by atoms with E-state index in [1.807, 2.05) is 0 Å². The van der Waals surface area contributed by atoms with Crippen molar-refractivity contribution in [3.8, 4) is 11.4 Å². The molecule has 0 aliphatic heterocycles. The Morgan fingerprint density at radius 3 is 2.77 bits per heavy atom. The molecule has 0 saturated heterocycles. The number of nitrogens with zero attached hydrogens (tertiary/aromatic N) is 4. The molecular formula is C19H15F4N5O2S. The third-order valence-corrected chi connectivity index (χ3v) is 5.61. The topological polar surface area (TPSA) is 91.7 Å². The highest BCUT2D eigenvalue weighted by atomic mass is 32.2. The van der Waals surface area contributed by atoms with Crippen LogP contribution in [0.5, 0.6) is 5.75 Å². The van der Waals surface area contributed by atoms with E-state index in [1.165, 1.54) is 48.4 Å². The fourth-order valence-corrected chi connectivity index (χ4v) is 4.02. The van der Waals surface area contributed by atoms with E-state index in [4.69, 9.17) is 4.74 Å². The first-order chi connectivity index (χ1) is 14.7. The zero-order valence-electron chi connectivity index (χ0n) is 16.0. The number of nitrogens with one attached hydrogen (secondary N) is 1. The number of fused-ring (bicyclic) bond motifs is 1. The van der Waals surface area contributed by atoms with Crippen molar-refractivity contribution in [2.45, 2.75) is 24.0 Å². The number of alkyl halides is 3. The molecular weight excluding hydrogens is 438 g/mol. The van der Waals surface area contributed by atoms with E-state index >= 15 is 0 Å². The molecule has 1 N–H and O–H groups in total. The minimum Gasteiger partial charge on any atom is -0.609 e. The van der Waals surface area contributed by atoms with Crippen molar-refractivity contribution < 1.29 is 26.9 Å². The first-order valence-corrected chi connectivity index (χ1v) is 10.2. The summed E-state index contributed by atoms with van der Waals surface area (Å²) in [6.45, 7) is 0.103. The van der Waals surface area contributed by atoms with Crippen LogP contribution in [0, 0.1) is 12.7 Å². The first-order valence-electron chi connectivity index (χ1n) is 8.91. The number of hydrogen-bond acceptors (Lipinski definition) is 5. The number of aromatic amines is 1. The maximum Gasteiger partial charge on any atom is 0.422 e. The van der Waals surface area contributed by atoms with Gasteiger partial charge in [0.15, 0.2) is 12.4 Å². The van der Waals surface area contributed by atoms with Crippen molar-refractivity contribution in [1.29, 1.82) is 0 Å². The SMILES string of the molecule is Cc1c(OCC(F)(F)F)ccnc1C[S+]([O-])c1nc2cc(-n3ccnc3)c(F)cc2[nH]1. The minimum atomic E-state index is -4.47. The molecule has 31 heavy (non-hydrogen) atoms. The van der Waals surface area contributed by atoms with Crippen LogP contribution in [0.15, 0.2) is 48.3 Å². The molecule has 1 aromatic carbocycles. The summed E-state index contributed by atoms with van der Waals surface area (Å²) in [5.41, 5.74) is 1.66. The van der Waals surface area contributed by atoms with Crippen molar-refractivity contribution in [3.05, 3.63) is 60.2 Å². The normalized spacial score (nSPS) is 13.0. The Hall–Kier alpha value is -3.12. The van der Waals surface area contributed by atoms with Crippen LogP contribution < -0.4 is 4.74 Å². The standard InChI is InChI=1S/C19H15F4N5O2S/c1-11-15(25-3-2-17(11)30-9-19(21,22)23)8-31(29)18-26-13-6-12(20)16(7-14(13)27-18)28-5-4-24-10-28/h2-7,10H,8-9H2,1H3,(H,26,27). The molecule has 0 fully saturated rings. The molecule has 7 nitrogen and oxygen atoms in total. The number of H-pyrrole nitrogens is 1. The van der Waals surface area contributed by atoms with Crippen molar-refractivity contribution >= 4 is 22.2 Å². The predicted octanol–water partition coefficient (Wildman–Crippen LogP) is 3.84. The molecule has 0 bridgehead atoms. The summed E-state index contributed by atoms with van der Waals surface area (Å²) in [7, 11) is 0. The molecule has 3 heterocycles. The Morgan fingerprint density at radius 2 is 2.06 bits per heavy atom. The number of benzene rings is 1. The van der Waals surface area contributed by atoms with Gasteiger partial charge in [-0.15, -0.1) is 0 Å². The van der Waals surface area contributed by atoms with Gasteiger partial charge >= 0.3 is 11.3 Å². The van der Waals surface area contributed by atoms with E-state index in [9.17, 15) is 22.1 Å². The quantitative estimate of drug-likeness (QED) is 0.354. The van der Waals surface area contributed by atoms with Gasteiger partial charge in [0.05, 0.1) is 28.7 Å². The summed E-state index contributed by atoms with van der Waals surface area (Å²) in [6, 6.07) is 4.06. The first kappa shape index (κ1) is 21.1. The van der Waals surface area contributed by atoms with E-state index in [1.54, 1.807) is 6.20 Å². The zero-order chi connectivity index (χ0) is 22.2. The second-order valence-corrected chi connectivity index (χ2v) is 7.97. The third kappa shape index (κ3) is 4.64. The number of halogens is 4.